The Kier molecular flexibility index (Phi) is 3.74. The molecule has 0 bridgehead atoms. The number of carbonyl (C=O) groups excluding carboxylic acids is 1. The second kappa shape index (κ2) is 5.27. The van der Waals surface area contributed by atoms with Gasteiger partial charge in [0.1, 0.15) is 0 Å². The maximum atomic E-state index is 11.8. The lowest BCUT2D eigenvalue weighted by atomic mass is 10.0. The zero-order chi connectivity index (χ0) is 11.4. The van der Waals surface area contributed by atoms with Gasteiger partial charge in [0, 0.05) is 12.8 Å². The largest absolute Gasteiger partial charge is 0.381 e. The topological polar surface area (TPSA) is 51.2 Å². The summed E-state index contributed by atoms with van der Waals surface area (Å²) in [4.78, 5) is 15.8. The third-order valence-electron chi connectivity index (χ3n) is 2.53. The second-order valence-electron chi connectivity index (χ2n) is 3.74. The molecule has 0 spiro atoms. The maximum Gasteiger partial charge on any atom is 0.231 e. The van der Waals surface area contributed by atoms with Gasteiger partial charge >= 0.3 is 0 Å². The van der Waals surface area contributed by atoms with Crippen LogP contribution >= 0.6 is 11.6 Å². The minimum Gasteiger partial charge on any atom is -0.381 e. The zero-order valence-electron chi connectivity index (χ0n) is 8.78. The van der Waals surface area contributed by atoms with Crippen molar-refractivity contribution in [3.8, 4) is 0 Å². The van der Waals surface area contributed by atoms with Crippen molar-refractivity contribution in [3.63, 3.8) is 0 Å². The van der Waals surface area contributed by atoms with Gasteiger partial charge in [0.15, 0.2) is 5.82 Å². The lowest BCUT2D eigenvalue weighted by Crippen LogP contribution is -2.30. The smallest absolute Gasteiger partial charge is 0.231 e. The van der Waals surface area contributed by atoms with Gasteiger partial charge in [0.25, 0.3) is 0 Å². The molecule has 86 valence electrons. The molecule has 1 aromatic rings. The highest BCUT2D eigenvalue weighted by atomic mass is 35.5. The van der Waals surface area contributed by atoms with Crippen molar-refractivity contribution in [1.82, 2.24) is 4.98 Å². The van der Waals surface area contributed by atoms with Gasteiger partial charge in [-0.3, -0.25) is 4.79 Å². The predicted molar refractivity (Wildman–Crippen MR) is 61.4 cm³/mol. The van der Waals surface area contributed by atoms with Gasteiger partial charge in [-0.25, -0.2) is 4.98 Å². The Morgan fingerprint density at radius 3 is 3.19 bits per heavy atom. The normalized spacial score (nSPS) is 20.4. The predicted octanol–water partition coefficient (Wildman–Crippen LogP) is 2.10. The zero-order valence-corrected chi connectivity index (χ0v) is 9.54. The highest BCUT2D eigenvalue weighted by Crippen LogP contribution is 2.20. The first kappa shape index (κ1) is 11.4. The maximum absolute atomic E-state index is 11.8. The van der Waals surface area contributed by atoms with E-state index in [-0.39, 0.29) is 11.8 Å². The van der Waals surface area contributed by atoms with E-state index in [1.54, 1.807) is 18.3 Å². The minimum absolute atomic E-state index is 0.0692. The molecule has 5 heteroatoms. The van der Waals surface area contributed by atoms with E-state index in [1.165, 1.54) is 0 Å². The summed E-state index contributed by atoms with van der Waals surface area (Å²) in [5.41, 5.74) is 0. The van der Waals surface area contributed by atoms with Crippen molar-refractivity contribution in [2.45, 2.75) is 12.8 Å². The van der Waals surface area contributed by atoms with Crippen LogP contribution in [0.2, 0.25) is 5.02 Å². The number of hydrogen-bond donors (Lipinski definition) is 1. The summed E-state index contributed by atoms with van der Waals surface area (Å²) >= 11 is 5.90. The van der Waals surface area contributed by atoms with E-state index < -0.39 is 0 Å². The van der Waals surface area contributed by atoms with E-state index in [1.807, 2.05) is 0 Å². The fraction of sp³-hybridized carbons (Fsp3) is 0.455. The van der Waals surface area contributed by atoms with Crippen molar-refractivity contribution >= 4 is 23.3 Å². The number of amides is 1. The van der Waals surface area contributed by atoms with E-state index in [0.29, 0.717) is 17.4 Å². The lowest BCUT2D eigenvalue weighted by molar-refractivity contribution is -0.123. The standard InChI is InChI=1S/C11H13ClN2O2/c12-9-4-1-5-13-10(9)14-11(15)8-3-2-6-16-7-8/h1,4-5,8H,2-3,6-7H2,(H,13,14,15). The van der Waals surface area contributed by atoms with Gasteiger partial charge in [0.05, 0.1) is 17.5 Å². The summed E-state index contributed by atoms with van der Waals surface area (Å²) in [7, 11) is 0. The molecule has 1 amide bonds. The summed E-state index contributed by atoms with van der Waals surface area (Å²) in [6.07, 6.45) is 3.38. The number of pyridine rings is 1. The van der Waals surface area contributed by atoms with Crippen LogP contribution < -0.4 is 5.32 Å². The molecule has 1 N–H and O–H groups in total. The van der Waals surface area contributed by atoms with Crippen LogP contribution in [0.15, 0.2) is 18.3 Å². The number of ether oxygens (including phenoxy) is 1. The lowest BCUT2D eigenvalue weighted by Gasteiger charge is -2.21. The number of carbonyl (C=O) groups is 1. The van der Waals surface area contributed by atoms with Crippen molar-refractivity contribution in [2.75, 3.05) is 18.5 Å². The van der Waals surface area contributed by atoms with Crippen molar-refractivity contribution in [3.05, 3.63) is 23.4 Å². The Hall–Kier alpha value is -1.13. The van der Waals surface area contributed by atoms with Crippen LogP contribution in [-0.2, 0) is 9.53 Å². The third kappa shape index (κ3) is 2.71. The van der Waals surface area contributed by atoms with E-state index in [0.717, 1.165) is 19.4 Å². The van der Waals surface area contributed by atoms with Gasteiger partial charge in [-0.05, 0) is 25.0 Å². The molecule has 0 aliphatic carbocycles. The van der Waals surface area contributed by atoms with Gasteiger partial charge in [0.2, 0.25) is 5.91 Å². The minimum atomic E-state index is -0.0909. The fourth-order valence-corrected chi connectivity index (χ4v) is 1.81. The van der Waals surface area contributed by atoms with Gasteiger partial charge < -0.3 is 10.1 Å². The molecule has 1 aliphatic rings. The number of nitrogens with one attached hydrogen (secondary N) is 1. The first-order valence-corrected chi connectivity index (χ1v) is 5.64. The van der Waals surface area contributed by atoms with Gasteiger partial charge in [-0.15, -0.1) is 0 Å². The molecule has 0 radical (unpaired) electrons. The van der Waals surface area contributed by atoms with Gasteiger partial charge in [-0.2, -0.15) is 0 Å². The van der Waals surface area contributed by atoms with Crippen molar-refractivity contribution in [2.24, 2.45) is 5.92 Å². The summed E-state index contributed by atoms with van der Waals surface area (Å²) in [6, 6.07) is 3.42. The molecule has 1 saturated heterocycles. The van der Waals surface area contributed by atoms with Crippen LogP contribution in [0.25, 0.3) is 0 Å². The van der Waals surface area contributed by atoms with Crippen LogP contribution in [-0.4, -0.2) is 24.1 Å². The second-order valence-corrected chi connectivity index (χ2v) is 4.14. The first-order valence-electron chi connectivity index (χ1n) is 5.26. The van der Waals surface area contributed by atoms with E-state index in [9.17, 15) is 4.79 Å². The molecule has 4 nitrogen and oxygen atoms in total. The Morgan fingerprint density at radius 2 is 2.50 bits per heavy atom. The molecule has 1 unspecified atom stereocenters. The molecule has 1 atom stereocenters. The molecular weight excluding hydrogens is 228 g/mol. The molecule has 1 fully saturated rings. The molecule has 2 rings (SSSR count). The number of hydrogen-bond acceptors (Lipinski definition) is 3. The molecule has 0 aromatic carbocycles. The number of nitrogens with zero attached hydrogens (tertiary/aromatic N) is 1. The molecule has 2 heterocycles. The van der Waals surface area contributed by atoms with Crippen LogP contribution in [0.4, 0.5) is 5.82 Å². The highest BCUT2D eigenvalue weighted by Gasteiger charge is 2.22. The number of halogens is 1. The van der Waals surface area contributed by atoms with Crippen LogP contribution in [0.5, 0.6) is 0 Å². The number of rotatable bonds is 2. The van der Waals surface area contributed by atoms with E-state index in [4.69, 9.17) is 16.3 Å². The number of aromatic nitrogens is 1. The average Bonchev–Trinajstić information content (AvgIpc) is 2.33. The summed E-state index contributed by atoms with van der Waals surface area (Å²) in [6.45, 7) is 1.23. The quantitative estimate of drug-likeness (QED) is 0.861. The molecule has 16 heavy (non-hydrogen) atoms. The first-order chi connectivity index (χ1) is 7.77. The number of anilines is 1. The van der Waals surface area contributed by atoms with Gasteiger partial charge in [-0.1, -0.05) is 11.6 Å². The third-order valence-corrected chi connectivity index (χ3v) is 2.84. The Labute approximate surface area is 99.0 Å². The summed E-state index contributed by atoms with van der Waals surface area (Å²) < 4.78 is 5.26. The molecule has 1 aromatic heterocycles. The average molecular weight is 241 g/mol. The molecule has 0 saturated carbocycles. The van der Waals surface area contributed by atoms with E-state index in [2.05, 4.69) is 10.3 Å². The highest BCUT2D eigenvalue weighted by molar-refractivity contribution is 6.33. The van der Waals surface area contributed by atoms with Crippen LogP contribution in [0.3, 0.4) is 0 Å². The Morgan fingerprint density at radius 1 is 1.62 bits per heavy atom. The Bertz CT molecular complexity index is 378. The SMILES string of the molecule is O=C(Nc1ncccc1Cl)C1CCCOC1. The summed E-state index contributed by atoms with van der Waals surface area (Å²) in [5, 5.41) is 3.17. The van der Waals surface area contributed by atoms with Crippen molar-refractivity contribution < 1.29 is 9.53 Å². The molecular formula is C11H13ClN2O2. The van der Waals surface area contributed by atoms with Crippen LogP contribution in [0.1, 0.15) is 12.8 Å². The van der Waals surface area contributed by atoms with Crippen molar-refractivity contribution in [1.29, 1.82) is 0 Å². The molecule has 1 aliphatic heterocycles. The fourth-order valence-electron chi connectivity index (χ4n) is 1.64. The van der Waals surface area contributed by atoms with Crippen LogP contribution in [0, 0.1) is 5.92 Å². The Balaban J connectivity index is 1.99. The van der Waals surface area contributed by atoms with E-state index >= 15 is 0 Å². The summed E-state index contributed by atoms with van der Waals surface area (Å²) in [5.74, 6) is 0.256. The monoisotopic (exact) mass is 240 g/mol.